The fourth-order valence-corrected chi connectivity index (χ4v) is 2.30. The van der Waals surface area contributed by atoms with Gasteiger partial charge in [0.15, 0.2) is 0 Å². The van der Waals surface area contributed by atoms with Crippen LogP contribution in [0.2, 0.25) is 0 Å². The molecule has 1 heterocycles. The first kappa shape index (κ1) is 10.2. The summed E-state index contributed by atoms with van der Waals surface area (Å²) in [5.74, 6) is 0.514. The van der Waals surface area contributed by atoms with Crippen LogP contribution >= 0.6 is 0 Å². The van der Waals surface area contributed by atoms with Crippen molar-refractivity contribution in [2.75, 3.05) is 0 Å². The summed E-state index contributed by atoms with van der Waals surface area (Å²) in [5.41, 5.74) is 6.83. The van der Waals surface area contributed by atoms with Crippen LogP contribution in [0.15, 0.2) is 41.1 Å². The lowest BCUT2D eigenvalue weighted by Gasteiger charge is -2.11. The van der Waals surface area contributed by atoms with E-state index in [-0.39, 0.29) is 0 Å². The van der Waals surface area contributed by atoms with Crippen molar-refractivity contribution in [2.24, 2.45) is 5.92 Å². The summed E-state index contributed by atoms with van der Waals surface area (Å²) in [7, 11) is 0. The monoisotopic (exact) mass is 199 g/mol. The average molecular weight is 199 g/mol. The van der Waals surface area contributed by atoms with Gasteiger partial charge in [-0.15, -0.1) is 0 Å². The van der Waals surface area contributed by atoms with E-state index in [1.54, 1.807) is 0 Å². The van der Waals surface area contributed by atoms with Gasteiger partial charge < -0.3 is 0 Å². The highest BCUT2D eigenvalue weighted by atomic mass is 14.7. The van der Waals surface area contributed by atoms with E-state index in [2.05, 4.69) is 44.8 Å². The van der Waals surface area contributed by atoms with E-state index < -0.39 is 0 Å². The average Bonchev–Trinajstić information content (AvgIpc) is 2.45. The van der Waals surface area contributed by atoms with Crippen LogP contribution in [-0.2, 0) is 0 Å². The van der Waals surface area contributed by atoms with Gasteiger partial charge in [0.25, 0.3) is 0 Å². The summed E-state index contributed by atoms with van der Waals surface area (Å²) in [6, 6.07) is 6.12. The Hall–Kier alpha value is -1.37. The molecule has 1 aliphatic carbocycles. The highest BCUT2D eigenvalue weighted by Crippen LogP contribution is 2.41. The molecule has 1 atom stereocenters. The number of pyridine rings is 1. The van der Waals surface area contributed by atoms with Crippen LogP contribution in [0.4, 0.5) is 0 Å². The van der Waals surface area contributed by atoms with Crippen LogP contribution < -0.4 is 0 Å². The van der Waals surface area contributed by atoms with Crippen molar-refractivity contribution in [1.82, 2.24) is 4.98 Å². The highest BCUT2D eigenvalue weighted by Gasteiger charge is 2.24. The summed E-state index contributed by atoms with van der Waals surface area (Å²) in [5, 5.41) is 0. The fourth-order valence-electron chi connectivity index (χ4n) is 2.30. The second-order valence-electron chi connectivity index (χ2n) is 4.28. The van der Waals surface area contributed by atoms with Gasteiger partial charge in [0.1, 0.15) is 0 Å². The van der Waals surface area contributed by atoms with Gasteiger partial charge in [-0.25, -0.2) is 0 Å². The predicted molar refractivity (Wildman–Crippen MR) is 64.4 cm³/mol. The first-order valence-electron chi connectivity index (χ1n) is 5.43. The second-order valence-corrected chi connectivity index (χ2v) is 4.28. The fraction of sp³-hybridized carbons (Fsp3) is 0.357. The molecule has 0 saturated carbocycles. The van der Waals surface area contributed by atoms with Crippen LogP contribution in [0.25, 0.3) is 5.57 Å². The maximum atomic E-state index is 4.45. The lowest BCUT2D eigenvalue weighted by atomic mass is 9.95. The number of rotatable bonds is 1. The molecular weight excluding hydrogens is 182 g/mol. The Morgan fingerprint density at radius 1 is 1.07 bits per heavy atom. The van der Waals surface area contributed by atoms with Gasteiger partial charge in [0.2, 0.25) is 0 Å². The van der Waals surface area contributed by atoms with Gasteiger partial charge >= 0.3 is 0 Å². The molecule has 0 bridgehead atoms. The van der Waals surface area contributed by atoms with Gasteiger partial charge in [0.05, 0.1) is 5.69 Å². The zero-order valence-electron chi connectivity index (χ0n) is 9.83. The molecule has 1 unspecified atom stereocenters. The number of allylic oxidation sites excluding steroid dienone is 4. The summed E-state index contributed by atoms with van der Waals surface area (Å²) < 4.78 is 0. The van der Waals surface area contributed by atoms with Crippen molar-refractivity contribution < 1.29 is 0 Å². The summed E-state index contributed by atoms with van der Waals surface area (Å²) >= 11 is 0. The van der Waals surface area contributed by atoms with Crippen molar-refractivity contribution in [3.63, 3.8) is 0 Å². The topological polar surface area (TPSA) is 12.9 Å². The van der Waals surface area contributed by atoms with Crippen molar-refractivity contribution in [1.29, 1.82) is 0 Å². The summed E-state index contributed by atoms with van der Waals surface area (Å²) in [6.45, 7) is 8.89. The van der Waals surface area contributed by atoms with Gasteiger partial charge in [-0.05, 0) is 49.6 Å². The van der Waals surface area contributed by atoms with Crippen LogP contribution in [-0.4, -0.2) is 4.98 Å². The zero-order valence-corrected chi connectivity index (χ0v) is 9.83. The van der Waals surface area contributed by atoms with Crippen LogP contribution in [0, 0.1) is 5.92 Å². The minimum Gasteiger partial charge on any atom is -0.257 e. The highest BCUT2D eigenvalue weighted by molar-refractivity contribution is 5.77. The number of aromatic nitrogens is 1. The van der Waals surface area contributed by atoms with Crippen molar-refractivity contribution in [3.05, 3.63) is 46.8 Å². The van der Waals surface area contributed by atoms with Gasteiger partial charge in [-0.1, -0.05) is 18.6 Å². The normalized spacial score (nSPS) is 21.5. The first-order valence-corrected chi connectivity index (χ1v) is 5.43. The predicted octanol–water partition coefficient (Wildman–Crippen LogP) is 3.84. The van der Waals surface area contributed by atoms with Crippen molar-refractivity contribution >= 4 is 5.57 Å². The number of nitrogens with zero attached hydrogens (tertiary/aromatic N) is 1. The number of hydrogen-bond acceptors (Lipinski definition) is 1. The Kier molecular flexibility index (Phi) is 2.47. The molecule has 0 spiro atoms. The van der Waals surface area contributed by atoms with Crippen molar-refractivity contribution in [3.8, 4) is 0 Å². The third-order valence-electron chi connectivity index (χ3n) is 3.58. The molecule has 0 saturated heterocycles. The SMILES string of the molecule is CC1=C(C)C(C)C(c2ccccn2)=C1C. The largest absolute Gasteiger partial charge is 0.257 e. The lowest BCUT2D eigenvalue weighted by Crippen LogP contribution is -1.98. The zero-order chi connectivity index (χ0) is 11.0. The molecule has 0 fully saturated rings. The van der Waals surface area contributed by atoms with Crippen LogP contribution in [0.1, 0.15) is 33.4 Å². The molecule has 1 aromatic rings. The Balaban J connectivity index is 2.50. The lowest BCUT2D eigenvalue weighted by molar-refractivity contribution is 0.888. The van der Waals surface area contributed by atoms with E-state index in [1.165, 1.54) is 22.3 Å². The van der Waals surface area contributed by atoms with E-state index in [4.69, 9.17) is 0 Å². The Morgan fingerprint density at radius 2 is 1.80 bits per heavy atom. The third kappa shape index (κ3) is 1.52. The maximum absolute atomic E-state index is 4.45. The minimum atomic E-state index is 0.514. The standard InChI is InChI=1S/C14H17N/c1-9-10(2)12(4)14(11(9)3)13-7-5-6-8-15-13/h5-8,11H,1-4H3. The molecule has 78 valence electrons. The van der Waals surface area contributed by atoms with E-state index in [0.717, 1.165) is 5.69 Å². The molecule has 2 rings (SSSR count). The molecule has 15 heavy (non-hydrogen) atoms. The quantitative estimate of drug-likeness (QED) is 0.669. The second kappa shape index (κ2) is 3.65. The molecule has 0 N–H and O–H groups in total. The maximum Gasteiger partial charge on any atom is 0.0670 e. The summed E-state index contributed by atoms with van der Waals surface area (Å²) in [4.78, 5) is 4.45. The molecule has 1 heteroatoms. The van der Waals surface area contributed by atoms with Gasteiger partial charge in [-0.3, -0.25) is 4.98 Å². The molecule has 0 amide bonds. The smallest absolute Gasteiger partial charge is 0.0670 e. The molecule has 0 aliphatic heterocycles. The Labute approximate surface area is 91.6 Å². The van der Waals surface area contributed by atoms with E-state index in [9.17, 15) is 0 Å². The van der Waals surface area contributed by atoms with Crippen LogP contribution in [0.5, 0.6) is 0 Å². The Bertz CT molecular complexity index is 438. The molecular formula is C14H17N. The molecule has 1 aliphatic rings. The first-order chi connectivity index (χ1) is 7.13. The third-order valence-corrected chi connectivity index (χ3v) is 3.58. The van der Waals surface area contributed by atoms with E-state index in [0.29, 0.717) is 5.92 Å². The molecule has 0 aromatic carbocycles. The van der Waals surface area contributed by atoms with E-state index >= 15 is 0 Å². The molecule has 1 nitrogen and oxygen atoms in total. The molecule has 1 aromatic heterocycles. The minimum absolute atomic E-state index is 0.514. The number of hydrogen-bond donors (Lipinski definition) is 0. The van der Waals surface area contributed by atoms with Gasteiger partial charge in [0, 0.05) is 12.1 Å². The van der Waals surface area contributed by atoms with E-state index in [1.807, 2.05) is 12.3 Å². The summed E-state index contributed by atoms with van der Waals surface area (Å²) in [6.07, 6.45) is 1.87. The Morgan fingerprint density at radius 3 is 2.27 bits per heavy atom. The van der Waals surface area contributed by atoms with Gasteiger partial charge in [-0.2, -0.15) is 0 Å². The van der Waals surface area contributed by atoms with Crippen LogP contribution in [0.3, 0.4) is 0 Å². The van der Waals surface area contributed by atoms with Crippen molar-refractivity contribution in [2.45, 2.75) is 27.7 Å². The molecule has 0 radical (unpaired) electrons.